The van der Waals surface area contributed by atoms with Crippen molar-refractivity contribution in [1.82, 2.24) is 0 Å². The summed E-state index contributed by atoms with van der Waals surface area (Å²) in [5.41, 5.74) is 0.575. The van der Waals surface area contributed by atoms with Gasteiger partial charge in [0.05, 0.1) is 0 Å². The van der Waals surface area contributed by atoms with Crippen molar-refractivity contribution in [3.05, 3.63) is 34.3 Å². The Labute approximate surface area is 133 Å². The molecule has 4 heteroatoms. The maximum atomic E-state index is 11.9. The standard InChI is InChI=1S/C17H19BrO3/c18-15-5-3-12(4-6-15)16(19)10-21-17(20)9-14-8-11-1-2-13(14)7-11/h3-6,11,13-14H,1-2,7-10H2. The topological polar surface area (TPSA) is 43.4 Å². The van der Waals surface area contributed by atoms with Crippen molar-refractivity contribution >= 4 is 27.7 Å². The molecule has 3 atom stereocenters. The lowest BCUT2D eigenvalue weighted by atomic mass is 9.86. The number of hydrogen-bond donors (Lipinski definition) is 0. The Kier molecular flexibility index (Phi) is 4.43. The number of benzene rings is 1. The Morgan fingerprint density at radius 1 is 1.14 bits per heavy atom. The molecule has 21 heavy (non-hydrogen) atoms. The minimum Gasteiger partial charge on any atom is -0.457 e. The number of hydrogen-bond acceptors (Lipinski definition) is 3. The van der Waals surface area contributed by atoms with E-state index in [1.807, 2.05) is 12.1 Å². The first-order chi connectivity index (χ1) is 10.1. The van der Waals surface area contributed by atoms with Gasteiger partial charge in [-0.25, -0.2) is 0 Å². The summed E-state index contributed by atoms with van der Waals surface area (Å²) in [5, 5.41) is 0. The molecule has 0 saturated heterocycles. The number of carbonyl (C=O) groups excluding carboxylic acids is 2. The summed E-state index contributed by atoms with van der Waals surface area (Å²) >= 11 is 3.32. The highest BCUT2D eigenvalue weighted by atomic mass is 79.9. The third-order valence-electron chi connectivity index (χ3n) is 4.84. The summed E-state index contributed by atoms with van der Waals surface area (Å²) in [6.45, 7) is -0.152. The van der Waals surface area contributed by atoms with E-state index in [2.05, 4.69) is 15.9 Å². The van der Waals surface area contributed by atoms with Crippen LogP contribution < -0.4 is 0 Å². The first-order valence-electron chi connectivity index (χ1n) is 7.56. The van der Waals surface area contributed by atoms with Crippen molar-refractivity contribution in [2.45, 2.75) is 32.1 Å². The minimum atomic E-state index is -0.224. The monoisotopic (exact) mass is 350 g/mol. The van der Waals surface area contributed by atoms with E-state index in [1.54, 1.807) is 12.1 Å². The maximum absolute atomic E-state index is 11.9. The lowest BCUT2D eigenvalue weighted by Crippen LogP contribution is -2.19. The van der Waals surface area contributed by atoms with Gasteiger partial charge in [0.25, 0.3) is 0 Å². The van der Waals surface area contributed by atoms with Crippen LogP contribution in [0.5, 0.6) is 0 Å². The Bertz CT molecular complexity index is 537. The van der Waals surface area contributed by atoms with Crippen LogP contribution in [0, 0.1) is 17.8 Å². The van der Waals surface area contributed by atoms with E-state index in [0.717, 1.165) is 10.4 Å². The smallest absolute Gasteiger partial charge is 0.306 e. The molecule has 2 aliphatic carbocycles. The van der Waals surface area contributed by atoms with Gasteiger partial charge >= 0.3 is 5.97 Å². The normalized spacial score (nSPS) is 26.8. The third-order valence-corrected chi connectivity index (χ3v) is 5.37. The molecule has 2 saturated carbocycles. The zero-order chi connectivity index (χ0) is 14.8. The van der Waals surface area contributed by atoms with Gasteiger partial charge in [0.2, 0.25) is 0 Å². The summed E-state index contributed by atoms with van der Waals surface area (Å²) in [5.74, 6) is 1.66. The van der Waals surface area contributed by atoms with Crippen LogP contribution in [-0.4, -0.2) is 18.4 Å². The van der Waals surface area contributed by atoms with Crippen LogP contribution in [0.3, 0.4) is 0 Å². The minimum absolute atomic E-state index is 0.149. The zero-order valence-corrected chi connectivity index (χ0v) is 13.5. The Morgan fingerprint density at radius 2 is 1.90 bits per heavy atom. The second kappa shape index (κ2) is 6.30. The van der Waals surface area contributed by atoms with Gasteiger partial charge in [-0.2, -0.15) is 0 Å². The van der Waals surface area contributed by atoms with Gasteiger partial charge < -0.3 is 4.74 Å². The number of ketones is 1. The van der Waals surface area contributed by atoms with Gasteiger partial charge in [-0.15, -0.1) is 0 Å². The number of carbonyl (C=O) groups is 2. The van der Waals surface area contributed by atoms with E-state index in [9.17, 15) is 9.59 Å². The van der Waals surface area contributed by atoms with Gasteiger partial charge in [-0.05, 0) is 49.1 Å². The van der Waals surface area contributed by atoms with Gasteiger partial charge in [0, 0.05) is 16.5 Å². The highest BCUT2D eigenvalue weighted by Gasteiger charge is 2.40. The van der Waals surface area contributed by atoms with Gasteiger partial charge in [0.1, 0.15) is 0 Å². The van der Waals surface area contributed by atoms with E-state index in [-0.39, 0.29) is 18.4 Å². The molecule has 0 aromatic heterocycles. The van der Waals surface area contributed by atoms with Gasteiger partial charge in [0.15, 0.2) is 12.4 Å². The molecule has 2 aliphatic rings. The molecule has 2 bridgehead atoms. The van der Waals surface area contributed by atoms with Gasteiger partial charge in [-0.3, -0.25) is 9.59 Å². The predicted molar refractivity (Wildman–Crippen MR) is 83.0 cm³/mol. The van der Waals surface area contributed by atoms with Crippen LogP contribution >= 0.6 is 15.9 Å². The van der Waals surface area contributed by atoms with E-state index in [1.165, 1.54) is 25.7 Å². The summed E-state index contributed by atoms with van der Waals surface area (Å²) in [6, 6.07) is 7.08. The number of Topliss-reactive ketones (excluding diaryl/α,β-unsaturated/α-hetero) is 1. The second-order valence-corrected chi connectivity index (χ2v) is 7.15. The molecule has 0 amide bonds. The van der Waals surface area contributed by atoms with Crippen LogP contribution in [0.4, 0.5) is 0 Å². The van der Waals surface area contributed by atoms with Crippen molar-refractivity contribution < 1.29 is 14.3 Å². The van der Waals surface area contributed by atoms with E-state index >= 15 is 0 Å². The lowest BCUT2D eigenvalue weighted by Gasteiger charge is -2.20. The Morgan fingerprint density at radius 3 is 2.52 bits per heavy atom. The molecule has 3 nitrogen and oxygen atoms in total. The van der Waals surface area contributed by atoms with Crippen LogP contribution in [0.15, 0.2) is 28.7 Å². The molecule has 0 aliphatic heterocycles. The Balaban J connectivity index is 1.45. The first kappa shape index (κ1) is 14.8. The fraction of sp³-hybridized carbons (Fsp3) is 0.529. The van der Waals surface area contributed by atoms with E-state index < -0.39 is 0 Å². The number of ether oxygens (including phenoxy) is 1. The van der Waals surface area contributed by atoms with Crippen LogP contribution in [0.25, 0.3) is 0 Å². The molecule has 0 spiro atoms. The third kappa shape index (κ3) is 3.54. The maximum Gasteiger partial charge on any atom is 0.306 e. The quantitative estimate of drug-likeness (QED) is 0.595. The van der Waals surface area contributed by atoms with Crippen LogP contribution in [-0.2, 0) is 9.53 Å². The van der Waals surface area contributed by atoms with Crippen molar-refractivity contribution in [3.63, 3.8) is 0 Å². The molecule has 112 valence electrons. The summed E-state index contributed by atoms with van der Waals surface area (Å²) < 4.78 is 6.08. The molecule has 2 fully saturated rings. The zero-order valence-electron chi connectivity index (χ0n) is 11.9. The highest BCUT2D eigenvalue weighted by Crippen LogP contribution is 2.49. The van der Waals surface area contributed by atoms with Crippen LogP contribution in [0.2, 0.25) is 0 Å². The van der Waals surface area contributed by atoms with E-state index in [4.69, 9.17) is 4.74 Å². The van der Waals surface area contributed by atoms with Gasteiger partial charge in [-0.1, -0.05) is 34.5 Å². The molecule has 3 rings (SSSR count). The summed E-state index contributed by atoms with van der Waals surface area (Å²) in [4.78, 5) is 23.8. The second-order valence-electron chi connectivity index (χ2n) is 6.23. The molecular weight excluding hydrogens is 332 g/mol. The number of halogens is 1. The average Bonchev–Trinajstić information content (AvgIpc) is 3.08. The van der Waals surface area contributed by atoms with Crippen molar-refractivity contribution in [3.8, 4) is 0 Å². The average molecular weight is 351 g/mol. The fourth-order valence-electron chi connectivity index (χ4n) is 3.76. The number of esters is 1. The molecule has 0 radical (unpaired) electrons. The fourth-order valence-corrected chi connectivity index (χ4v) is 4.03. The molecule has 1 aromatic rings. The molecule has 0 heterocycles. The summed E-state index contributed by atoms with van der Waals surface area (Å²) in [6.07, 6.45) is 5.53. The predicted octanol–water partition coefficient (Wildman–Crippen LogP) is 4.00. The molecule has 1 aromatic carbocycles. The van der Waals surface area contributed by atoms with Crippen molar-refractivity contribution in [2.75, 3.05) is 6.61 Å². The van der Waals surface area contributed by atoms with Crippen molar-refractivity contribution in [2.24, 2.45) is 17.8 Å². The van der Waals surface area contributed by atoms with Crippen molar-refractivity contribution in [1.29, 1.82) is 0 Å². The van der Waals surface area contributed by atoms with E-state index in [0.29, 0.717) is 23.8 Å². The SMILES string of the molecule is O=C(CC1CC2CCC1C2)OCC(=O)c1ccc(Br)cc1. The molecule has 3 unspecified atom stereocenters. The molecule has 0 N–H and O–H groups in total. The number of fused-ring (bicyclic) bond motifs is 2. The summed E-state index contributed by atoms with van der Waals surface area (Å²) in [7, 11) is 0. The van der Waals surface area contributed by atoms with Crippen LogP contribution in [0.1, 0.15) is 42.5 Å². The lowest BCUT2D eigenvalue weighted by molar-refractivity contribution is -0.144. The molecular formula is C17H19BrO3. The first-order valence-corrected chi connectivity index (χ1v) is 8.35. The highest BCUT2D eigenvalue weighted by molar-refractivity contribution is 9.10. The number of rotatable bonds is 5. The Hall–Kier alpha value is -1.16. The largest absolute Gasteiger partial charge is 0.457 e.